The SMILES string of the molecule is CC(C)C(C)OPO.CC(O)C(C)[P+](C)=O. The van der Waals surface area contributed by atoms with Gasteiger partial charge in [-0.25, -0.2) is 0 Å². The first-order chi connectivity index (χ1) is 7.23. The van der Waals surface area contributed by atoms with E-state index in [0.717, 1.165) is 0 Å². The smallest absolute Gasteiger partial charge is 0.341 e. The highest BCUT2D eigenvalue weighted by Crippen LogP contribution is 2.24. The molecule has 0 heterocycles. The van der Waals surface area contributed by atoms with Crippen molar-refractivity contribution in [3.8, 4) is 0 Å². The predicted octanol–water partition coefficient (Wildman–Crippen LogP) is 2.76. The third-order valence-electron chi connectivity index (χ3n) is 2.45. The minimum atomic E-state index is -1.20. The molecule has 0 saturated carbocycles. The molecule has 0 aliphatic rings. The number of hydrogen-bond acceptors (Lipinski definition) is 4. The Bertz CT molecular complexity index is 186. The van der Waals surface area contributed by atoms with Crippen LogP contribution in [-0.2, 0) is 9.09 Å². The van der Waals surface area contributed by atoms with Crippen LogP contribution in [0.1, 0.15) is 34.6 Å². The summed E-state index contributed by atoms with van der Waals surface area (Å²) in [6.07, 6.45) is -0.262. The summed E-state index contributed by atoms with van der Waals surface area (Å²) in [7, 11) is -1.57. The van der Waals surface area contributed by atoms with Gasteiger partial charge in [0.1, 0.15) is 6.66 Å². The lowest BCUT2D eigenvalue weighted by molar-refractivity contribution is 0.180. The van der Waals surface area contributed by atoms with Crippen LogP contribution in [0.4, 0.5) is 0 Å². The monoisotopic (exact) mass is 271 g/mol. The van der Waals surface area contributed by atoms with E-state index in [1.54, 1.807) is 20.5 Å². The van der Waals surface area contributed by atoms with Crippen molar-refractivity contribution >= 4 is 16.8 Å². The van der Waals surface area contributed by atoms with E-state index < -0.39 is 13.9 Å². The van der Waals surface area contributed by atoms with Crippen LogP contribution < -0.4 is 0 Å². The molecule has 0 amide bonds. The summed E-state index contributed by atoms with van der Waals surface area (Å²) in [5.41, 5.74) is -0.0648. The highest BCUT2D eigenvalue weighted by Gasteiger charge is 2.23. The van der Waals surface area contributed by atoms with Crippen LogP contribution >= 0.6 is 16.8 Å². The second-order valence-electron chi connectivity index (χ2n) is 4.19. The predicted molar refractivity (Wildman–Crippen MR) is 70.6 cm³/mol. The zero-order valence-corrected chi connectivity index (χ0v) is 12.9. The first-order valence-corrected chi connectivity index (χ1v) is 7.99. The third-order valence-corrected chi connectivity index (χ3v) is 4.50. The molecule has 16 heavy (non-hydrogen) atoms. The van der Waals surface area contributed by atoms with Crippen molar-refractivity contribution < 1.29 is 19.1 Å². The first-order valence-electron chi connectivity index (χ1n) is 5.36. The first kappa shape index (κ1) is 18.8. The van der Waals surface area contributed by atoms with Gasteiger partial charge in [0, 0.05) is 0 Å². The van der Waals surface area contributed by atoms with Crippen molar-refractivity contribution in [1.29, 1.82) is 0 Å². The molecule has 0 aliphatic heterocycles. The van der Waals surface area contributed by atoms with E-state index in [4.69, 9.17) is 14.5 Å². The molecule has 0 bridgehead atoms. The maximum absolute atomic E-state index is 10.6. The third kappa shape index (κ3) is 10.9. The van der Waals surface area contributed by atoms with Gasteiger partial charge in [-0.1, -0.05) is 18.4 Å². The van der Waals surface area contributed by atoms with Crippen LogP contribution in [0.5, 0.6) is 0 Å². The minimum Gasteiger partial charge on any atom is -0.389 e. The summed E-state index contributed by atoms with van der Waals surface area (Å²) >= 11 is 0. The van der Waals surface area contributed by atoms with Crippen molar-refractivity contribution in [2.24, 2.45) is 5.92 Å². The van der Waals surface area contributed by atoms with Gasteiger partial charge in [-0.3, -0.25) is 0 Å². The van der Waals surface area contributed by atoms with Crippen molar-refractivity contribution in [1.82, 2.24) is 0 Å². The Morgan fingerprint density at radius 1 is 1.19 bits per heavy atom. The maximum atomic E-state index is 10.6. The van der Waals surface area contributed by atoms with Crippen molar-refractivity contribution in [2.75, 3.05) is 6.66 Å². The quantitative estimate of drug-likeness (QED) is 0.754. The van der Waals surface area contributed by atoms with Gasteiger partial charge in [-0.05, 0) is 26.7 Å². The van der Waals surface area contributed by atoms with Gasteiger partial charge >= 0.3 is 7.80 Å². The summed E-state index contributed by atoms with van der Waals surface area (Å²) in [5.74, 6) is 0.495. The number of aliphatic hydroxyl groups excluding tert-OH is 1. The Morgan fingerprint density at radius 3 is 1.69 bits per heavy atom. The summed E-state index contributed by atoms with van der Waals surface area (Å²) in [6.45, 7) is 11.1. The van der Waals surface area contributed by atoms with E-state index >= 15 is 0 Å². The molecule has 5 unspecified atom stereocenters. The molecule has 0 saturated heterocycles. The summed E-state index contributed by atoms with van der Waals surface area (Å²) in [5, 5.41) is 8.81. The largest absolute Gasteiger partial charge is 0.389 e. The van der Waals surface area contributed by atoms with E-state index in [9.17, 15) is 4.57 Å². The zero-order chi connectivity index (χ0) is 13.3. The molecule has 0 radical (unpaired) electrons. The maximum Gasteiger partial charge on any atom is 0.341 e. The Labute approximate surface area is 102 Å². The van der Waals surface area contributed by atoms with Gasteiger partial charge in [0.05, 0.1) is 12.2 Å². The average Bonchev–Trinajstić information content (AvgIpc) is 2.17. The molecule has 6 heteroatoms. The standard InChI is InChI=1S/C5H12O2P.C5H13O2P/c1-4(6)5(2)8(3)7;1-4(2)5(3)7-8-6/h4-6H,1-3H3;4-6,8H,1-3H3/q+1;. The number of hydrogen-bond donors (Lipinski definition) is 2. The normalized spacial score (nSPS) is 17.9. The van der Waals surface area contributed by atoms with E-state index in [1.165, 1.54) is 0 Å². The Hall–Kier alpha value is 0.410. The van der Waals surface area contributed by atoms with E-state index in [0.29, 0.717) is 5.92 Å². The Morgan fingerprint density at radius 2 is 1.62 bits per heavy atom. The molecule has 4 nitrogen and oxygen atoms in total. The lowest BCUT2D eigenvalue weighted by atomic mass is 10.1. The van der Waals surface area contributed by atoms with Gasteiger partial charge in [-0.15, -0.1) is 0 Å². The summed E-state index contributed by atoms with van der Waals surface area (Å²) in [6, 6.07) is 0. The molecule has 0 aromatic heterocycles. The molecule has 0 rings (SSSR count). The zero-order valence-electron chi connectivity index (χ0n) is 11.0. The van der Waals surface area contributed by atoms with E-state index in [2.05, 4.69) is 13.8 Å². The summed E-state index contributed by atoms with van der Waals surface area (Å²) in [4.78, 5) is 8.29. The van der Waals surface area contributed by atoms with Crippen LogP contribution in [0.25, 0.3) is 0 Å². The highest BCUT2D eigenvalue weighted by atomic mass is 31.1. The number of rotatable bonds is 5. The van der Waals surface area contributed by atoms with E-state index in [1.807, 2.05) is 6.92 Å². The molecule has 2 N–H and O–H groups in total. The van der Waals surface area contributed by atoms with Crippen molar-refractivity contribution in [3.05, 3.63) is 0 Å². The molecular weight excluding hydrogens is 246 g/mol. The van der Waals surface area contributed by atoms with Gasteiger partial charge in [0.25, 0.3) is 0 Å². The van der Waals surface area contributed by atoms with Crippen molar-refractivity contribution in [3.63, 3.8) is 0 Å². The fraction of sp³-hybridized carbons (Fsp3) is 1.00. The van der Waals surface area contributed by atoms with Crippen LogP contribution in [0.15, 0.2) is 0 Å². The second kappa shape index (κ2) is 10.6. The molecule has 0 aromatic carbocycles. The molecule has 0 spiro atoms. The lowest BCUT2D eigenvalue weighted by Crippen LogP contribution is -2.14. The molecule has 0 fully saturated rings. The van der Waals surface area contributed by atoms with Gasteiger partial charge < -0.3 is 14.5 Å². The minimum absolute atomic E-state index is 0.0648. The van der Waals surface area contributed by atoms with Crippen LogP contribution in [0, 0.1) is 5.92 Å². The Balaban J connectivity index is 0. The van der Waals surface area contributed by atoms with Crippen molar-refractivity contribution in [2.45, 2.75) is 52.5 Å². The van der Waals surface area contributed by atoms with Crippen LogP contribution in [0.3, 0.4) is 0 Å². The molecule has 0 aliphatic carbocycles. The molecule has 0 aromatic rings. The average molecular weight is 271 g/mol. The lowest BCUT2D eigenvalue weighted by Gasteiger charge is -2.12. The van der Waals surface area contributed by atoms with E-state index in [-0.39, 0.29) is 20.8 Å². The second-order valence-corrected chi connectivity index (χ2v) is 6.51. The van der Waals surface area contributed by atoms with Gasteiger partial charge in [-0.2, -0.15) is 0 Å². The Kier molecular flexibility index (Phi) is 12.4. The van der Waals surface area contributed by atoms with Gasteiger partial charge in [0.15, 0.2) is 14.7 Å². The van der Waals surface area contributed by atoms with Crippen LogP contribution in [0.2, 0.25) is 0 Å². The fourth-order valence-electron chi connectivity index (χ4n) is 0.523. The topological polar surface area (TPSA) is 66.8 Å². The van der Waals surface area contributed by atoms with Crippen LogP contribution in [-0.4, -0.2) is 34.5 Å². The fourth-order valence-corrected chi connectivity index (χ4v) is 1.57. The molecule has 5 atom stereocenters. The number of aliphatic hydroxyl groups is 1. The molecule has 98 valence electrons. The van der Waals surface area contributed by atoms with Gasteiger partial charge in [0.2, 0.25) is 0 Å². The summed E-state index contributed by atoms with van der Waals surface area (Å²) < 4.78 is 15.5. The highest BCUT2D eigenvalue weighted by molar-refractivity contribution is 7.44. The molecular formula is C10H25O4P2+.